The Labute approximate surface area is 140 Å². The molecule has 0 bridgehead atoms. The van der Waals surface area contributed by atoms with E-state index in [0.29, 0.717) is 6.61 Å². The Morgan fingerprint density at radius 3 is 2.36 bits per heavy atom. The van der Waals surface area contributed by atoms with E-state index in [-0.39, 0.29) is 18.5 Å². The van der Waals surface area contributed by atoms with E-state index in [1.807, 2.05) is 24.3 Å². The number of hydrogen-bond donors (Lipinski definition) is 0. The molecule has 1 aliphatic heterocycles. The quantitative estimate of drug-likeness (QED) is 0.768. The third-order valence-electron chi connectivity index (χ3n) is 4.01. The van der Waals surface area contributed by atoms with Crippen LogP contribution in [0, 0.1) is 0 Å². The highest BCUT2D eigenvalue weighted by Crippen LogP contribution is 2.27. The second-order valence-electron chi connectivity index (χ2n) is 5.78. The molecule has 22 heavy (non-hydrogen) atoms. The molecule has 0 spiro atoms. The maximum Gasteiger partial charge on any atom is 0.161 e. The van der Waals surface area contributed by atoms with Gasteiger partial charge in [0.1, 0.15) is 6.61 Å². The maximum absolute atomic E-state index is 5.93. The van der Waals surface area contributed by atoms with Crippen LogP contribution in [-0.2, 0) is 0 Å². The molecule has 1 heterocycles. The lowest BCUT2D eigenvalue weighted by Crippen LogP contribution is -2.45. The maximum atomic E-state index is 5.93. The summed E-state index contributed by atoms with van der Waals surface area (Å²) in [7, 11) is 2.18. The Kier molecular flexibility index (Phi) is 8.61. The lowest BCUT2D eigenvalue weighted by molar-refractivity contribution is 0.131. The fourth-order valence-electron chi connectivity index (χ4n) is 2.32. The van der Waals surface area contributed by atoms with Gasteiger partial charge in [-0.05, 0) is 32.5 Å². The molecular formula is C17H29ClN2O2. The van der Waals surface area contributed by atoms with E-state index in [1.54, 1.807) is 0 Å². The van der Waals surface area contributed by atoms with Gasteiger partial charge < -0.3 is 14.4 Å². The summed E-state index contributed by atoms with van der Waals surface area (Å²) in [5, 5.41) is 0. The Bertz CT molecular complexity index is 423. The average Bonchev–Trinajstić information content (AvgIpc) is 2.51. The van der Waals surface area contributed by atoms with E-state index in [4.69, 9.17) is 9.47 Å². The van der Waals surface area contributed by atoms with E-state index in [1.165, 1.54) is 0 Å². The molecule has 0 N–H and O–H groups in total. The van der Waals surface area contributed by atoms with Gasteiger partial charge in [0.05, 0.1) is 6.10 Å². The van der Waals surface area contributed by atoms with E-state index < -0.39 is 0 Å². The Morgan fingerprint density at radius 2 is 1.73 bits per heavy atom. The third kappa shape index (κ3) is 6.03. The minimum atomic E-state index is 0. The van der Waals surface area contributed by atoms with Crippen LogP contribution in [0.15, 0.2) is 24.3 Å². The summed E-state index contributed by atoms with van der Waals surface area (Å²) in [6, 6.07) is 7.96. The molecule has 126 valence electrons. The molecule has 2 rings (SSSR count). The van der Waals surface area contributed by atoms with Gasteiger partial charge in [-0.2, -0.15) is 0 Å². The van der Waals surface area contributed by atoms with Crippen molar-refractivity contribution < 1.29 is 9.47 Å². The van der Waals surface area contributed by atoms with Crippen LogP contribution in [-0.4, -0.2) is 62.3 Å². The number of piperazine rings is 1. The molecule has 1 saturated heterocycles. The number of para-hydroxylation sites is 2. The third-order valence-corrected chi connectivity index (χ3v) is 4.01. The summed E-state index contributed by atoms with van der Waals surface area (Å²) in [6.45, 7) is 10.5. The highest BCUT2D eigenvalue weighted by atomic mass is 35.5. The second kappa shape index (κ2) is 9.93. The van der Waals surface area contributed by atoms with Crippen LogP contribution in [0.1, 0.15) is 20.3 Å². The van der Waals surface area contributed by atoms with Gasteiger partial charge in [0.2, 0.25) is 0 Å². The predicted octanol–water partition coefficient (Wildman–Crippen LogP) is 2.91. The highest BCUT2D eigenvalue weighted by molar-refractivity contribution is 5.85. The minimum absolute atomic E-state index is 0. The SMILES string of the molecule is CCC(C)Oc1ccccc1OCCN1CCN(C)CC1.Cl. The van der Waals surface area contributed by atoms with Crippen LogP contribution in [0.2, 0.25) is 0 Å². The number of rotatable bonds is 7. The Morgan fingerprint density at radius 1 is 1.09 bits per heavy atom. The van der Waals surface area contributed by atoms with E-state index >= 15 is 0 Å². The predicted molar refractivity (Wildman–Crippen MR) is 93.5 cm³/mol. The van der Waals surface area contributed by atoms with Gasteiger partial charge in [-0.1, -0.05) is 19.1 Å². The van der Waals surface area contributed by atoms with E-state index in [2.05, 4.69) is 30.7 Å². The zero-order chi connectivity index (χ0) is 15.1. The smallest absolute Gasteiger partial charge is 0.161 e. The number of halogens is 1. The monoisotopic (exact) mass is 328 g/mol. The first-order chi connectivity index (χ1) is 10.2. The molecule has 1 atom stereocenters. The Balaban J connectivity index is 0.00000242. The van der Waals surface area contributed by atoms with Gasteiger partial charge in [-0.3, -0.25) is 4.90 Å². The van der Waals surface area contributed by atoms with Crippen molar-refractivity contribution >= 4 is 12.4 Å². The number of benzene rings is 1. The fraction of sp³-hybridized carbons (Fsp3) is 0.647. The summed E-state index contributed by atoms with van der Waals surface area (Å²) >= 11 is 0. The standard InChI is InChI=1S/C17H28N2O2.ClH/c1-4-15(2)21-17-8-6-5-7-16(17)20-14-13-19-11-9-18(3)10-12-19;/h5-8,15H,4,9-14H2,1-3H3;1H. The zero-order valence-electron chi connectivity index (χ0n) is 14.0. The summed E-state index contributed by atoms with van der Waals surface area (Å²) in [4.78, 5) is 4.82. The van der Waals surface area contributed by atoms with E-state index in [9.17, 15) is 0 Å². The first kappa shape index (κ1) is 19.1. The van der Waals surface area contributed by atoms with Gasteiger partial charge in [-0.25, -0.2) is 0 Å². The summed E-state index contributed by atoms with van der Waals surface area (Å²) < 4.78 is 11.8. The molecule has 1 unspecified atom stereocenters. The summed E-state index contributed by atoms with van der Waals surface area (Å²) in [6.07, 6.45) is 1.21. The minimum Gasteiger partial charge on any atom is -0.488 e. The van der Waals surface area contributed by atoms with Crippen LogP contribution in [0.5, 0.6) is 11.5 Å². The molecular weight excluding hydrogens is 300 g/mol. The van der Waals surface area contributed by atoms with Gasteiger partial charge in [0.15, 0.2) is 11.5 Å². The molecule has 0 radical (unpaired) electrons. The molecule has 1 fully saturated rings. The summed E-state index contributed by atoms with van der Waals surface area (Å²) in [5.41, 5.74) is 0. The number of likely N-dealkylation sites (N-methyl/N-ethyl adjacent to an activating group) is 1. The van der Waals surface area contributed by atoms with Crippen LogP contribution < -0.4 is 9.47 Å². The highest BCUT2D eigenvalue weighted by Gasteiger charge is 2.14. The number of nitrogens with zero attached hydrogens (tertiary/aromatic N) is 2. The molecule has 1 aliphatic rings. The largest absolute Gasteiger partial charge is 0.488 e. The first-order valence-corrected chi connectivity index (χ1v) is 7.98. The number of ether oxygens (including phenoxy) is 2. The second-order valence-corrected chi connectivity index (χ2v) is 5.78. The Hall–Kier alpha value is -0.970. The first-order valence-electron chi connectivity index (χ1n) is 7.98. The molecule has 0 saturated carbocycles. The van der Waals surface area contributed by atoms with Crippen molar-refractivity contribution in [1.82, 2.24) is 9.80 Å². The van der Waals surface area contributed by atoms with Crippen molar-refractivity contribution in [2.45, 2.75) is 26.4 Å². The van der Waals surface area contributed by atoms with Gasteiger partial charge in [0, 0.05) is 32.7 Å². The van der Waals surface area contributed by atoms with Crippen molar-refractivity contribution in [2.75, 3.05) is 46.4 Å². The topological polar surface area (TPSA) is 24.9 Å². The van der Waals surface area contributed by atoms with Crippen LogP contribution >= 0.6 is 12.4 Å². The van der Waals surface area contributed by atoms with Crippen molar-refractivity contribution in [3.8, 4) is 11.5 Å². The lowest BCUT2D eigenvalue weighted by Gasteiger charge is -2.32. The van der Waals surface area contributed by atoms with Crippen LogP contribution in [0.3, 0.4) is 0 Å². The van der Waals surface area contributed by atoms with Crippen molar-refractivity contribution in [1.29, 1.82) is 0 Å². The number of hydrogen-bond acceptors (Lipinski definition) is 4. The molecule has 4 nitrogen and oxygen atoms in total. The van der Waals surface area contributed by atoms with Crippen LogP contribution in [0.4, 0.5) is 0 Å². The van der Waals surface area contributed by atoms with Gasteiger partial charge in [-0.15, -0.1) is 12.4 Å². The van der Waals surface area contributed by atoms with Gasteiger partial charge in [0.25, 0.3) is 0 Å². The molecule has 5 heteroatoms. The van der Waals surface area contributed by atoms with Crippen LogP contribution in [0.25, 0.3) is 0 Å². The molecule has 1 aromatic carbocycles. The summed E-state index contributed by atoms with van der Waals surface area (Å²) in [5.74, 6) is 1.71. The van der Waals surface area contributed by atoms with Crippen molar-refractivity contribution in [2.24, 2.45) is 0 Å². The van der Waals surface area contributed by atoms with Crippen molar-refractivity contribution in [3.05, 3.63) is 24.3 Å². The molecule has 0 aliphatic carbocycles. The molecule has 1 aromatic rings. The molecule has 0 aromatic heterocycles. The normalized spacial score (nSPS) is 17.6. The van der Waals surface area contributed by atoms with E-state index in [0.717, 1.165) is 50.6 Å². The lowest BCUT2D eigenvalue weighted by atomic mass is 10.3. The fourth-order valence-corrected chi connectivity index (χ4v) is 2.32. The van der Waals surface area contributed by atoms with Gasteiger partial charge >= 0.3 is 0 Å². The molecule has 0 amide bonds. The average molecular weight is 329 g/mol. The van der Waals surface area contributed by atoms with Crippen molar-refractivity contribution in [3.63, 3.8) is 0 Å². The zero-order valence-corrected chi connectivity index (χ0v) is 14.8.